The Hall–Kier alpha value is -1.94. The Kier molecular flexibility index (Phi) is 3.15. The van der Waals surface area contributed by atoms with Gasteiger partial charge in [-0.2, -0.15) is 0 Å². The summed E-state index contributed by atoms with van der Waals surface area (Å²) in [6.07, 6.45) is 2.85. The summed E-state index contributed by atoms with van der Waals surface area (Å²) in [5.74, 6) is 3.10. The highest BCUT2D eigenvalue weighted by Gasteiger charge is 2.35. The molecule has 1 N–H and O–H groups in total. The van der Waals surface area contributed by atoms with Crippen molar-refractivity contribution in [1.29, 1.82) is 0 Å². The van der Waals surface area contributed by atoms with Crippen molar-refractivity contribution >= 4 is 0 Å². The van der Waals surface area contributed by atoms with E-state index in [1.165, 1.54) is 11.1 Å². The van der Waals surface area contributed by atoms with Crippen molar-refractivity contribution in [1.82, 2.24) is 4.90 Å². The Labute approximate surface area is 130 Å². The Morgan fingerprint density at radius 3 is 3.05 bits per heavy atom. The normalized spacial score (nSPS) is 20.2. The summed E-state index contributed by atoms with van der Waals surface area (Å²) in [6.45, 7) is 3.95. The number of fused-ring (bicyclic) bond motifs is 4. The zero-order valence-corrected chi connectivity index (χ0v) is 13.1. The molecule has 1 aromatic carbocycles. The monoisotopic (exact) mass is 299 g/mol. The minimum absolute atomic E-state index is 0.231. The van der Waals surface area contributed by atoms with E-state index in [-0.39, 0.29) is 5.75 Å². The summed E-state index contributed by atoms with van der Waals surface area (Å²) in [6, 6.07) is 6.38. The smallest absolute Gasteiger partial charge is 0.165 e. The highest BCUT2D eigenvalue weighted by molar-refractivity contribution is 5.52. The maximum atomic E-state index is 10.00. The predicted molar refractivity (Wildman–Crippen MR) is 83.3 cm³/mol. The summed E-state index contributed by atoms with van der Waals surface area (Å²) in [7, 11) is 1.62. The van der Waals surface area contributed by atoms with E-state index < -0.39 is 0 Å². The highest BCUT2D eigenvalue weighted by atomic mass is 16.5. The molecular formula is C18H21NO3. The van der Waals surface area contributed by atoms with Crippen LogP contribution in [0.2, 0.25) is 0 Å². The Morgan fingerprint density at radius 1 is 1.41 bits per heavy atom. The van der Waals surface area contributed by atoms with Crippen LogP contribution in [0.3, 0.4) is 0 Å². The number of aryl methyl sites for hydroxylation is 1. The molecule has 0 aliphatic carbocycles. The van der Waals surface area contributed by atoms with Gasteiger partial charge in [-0.15, -0.1) is 0 Å². The number of phenolic OH excluding ortho intramolecular Hbond substituents is 1. The second kappa shape index (κ2) is 5.06. The first-order valence-corrected chi connectivity index (χ1v) is 7.94. The van der Waals surface area contributed by atoms with E-state index in [0.717, 1.165) is 49.4 Å². The molecule has 0 amide bonds. The first kappa shape index (κ1) is 13.7. The number of nitrogens with zero attached hydrogens (tertiary/aromatic N) is 1. The number of benzene rings is 1. The minimum atomic E-state index is 0.231. The molecular weight excluding hydrogens is 278 g/mol. The van der Waals surface area contributed by atoms with Gasteiger partial charge in [-0.1, -0.05) is 13.0 Å². The van der Waals surface area contributed by atoms with E-state index in [2.05, 4.69) is 17.9 Å². The summed E-state index contributed by atoms with van der Waals surface area (Å²) < 4.78 is 11.4. The average molecular weight is 299 g/mol. The van der Waals surface area contributed by atoms with Crippen LogP contribution in [0.1, 0.15) is 41.2 Å². The third kappa shape index (κ3) is 1.94. The number of aromatic hydroxyl groups is 1. The van der Waals surface area contributed by atoms with E-state index in [0.29, 0.717) is 11.8 Å². The Balaban J connectivity index is 1.76. The maximum absolute atomic E-state index is 10.00. The van der Waals surface area contributed by atoms with Crippen molar-refractivity contribution in [2.75, 3.05) is 13.7 Å². The number of methoxy groups -OCH3 is 1. The Morgan fingerprint density at radius 2 is 2.27 bits per heavy atom. The number of rotatable bonds is 2. The van der Waals surface area contributed by atoms with Crippen LogP contribution in [-0.2, 0) is 25.8 Å². The zero-order chi connectivity index (χ0) is 15.3. The molecule has 2 aliphatic heterocycles. The van der Waals surface area contributed by atoms with Crippen LogP contribution in [0.4, 0.5) is 0 Å². The van der Waals surface area contributed by atoms with Crippen LogP contribution >= 0.6 is 0 Å². The van der Waals surface area contributed by atoms with Crippen LogP contribution in [0.25, 0.3) is 0 Å². The molecule has 0 fully saturated rings. The van der Waals surface area contributed by atoms with Gasteiger partial charge in [0.1, 0.15) is 11.5 Å². The van der Waals surface area contributed by atoms with E-state index in [9.17, 15) is 5.11 Å². The molecule has 2 aromatic rings. The van der Waals surface area contributed by atoms with Gasteiger partial charge in [0, 0.05) is 43.1 Å². The van der Waals surface area contributed by atoms with Crippen LogP contribution in [-0.4, -0.2) is 23.7 Å². The molecule has 4 rings (SSSR count). The fourth-order valence-corrected chi connectivity index (χ4v) is 3.84. The number of ether oxygens (including phenoxy) is 1. The van der Waals surface area contributed by atoms with Gasteiger partial charge >= 0.3 is 0 Å². The molecule has 22 heavy (non-hydrogen) atoms. The summed E-state index contributed by atoms with van der Waals surface area (Å²) in [4.78, 5) is 2.47. The number of phenols is 1. The Bertz CT molecular complexity index is 719. The molecule has 1 aromatic heterocycles. The topological polar surface area (TPSA) is 45.8 Å². The molecule has 116 valence electrons. The van der Waals surface area contributed by atoms with E-state index >= 15 is 0 Å². The van der Waals surface area contributed by atoms with Gasteiger partial charge in [0.25, 0.3) is 0 Å². The molecule has 4 nitrogen and oxygen atoms in total. The molecule has 0 saturated carbocycles. The van der Waals surface area contributed by atoms with Crippen LogP contribution < -0.4 is 4.74 Å². The summed E-state index contributed by atoms with van der Waals surface area (Å²) in [5, 5.41) is 10.00. The molecule has 0 radical (unpaired) electrons. The first-order chi connectivity index (χ1) is 10.7. The number of hydrogen-bond acceptors (Lipinski definition) is 4. The van der Waals surface area contributed by atoms with E-state index in [1.807, 2.05) is 6.07 Å². The summed E-state index contributed by atoms with van der Waals surface area (Å²) in [5.41, 5.74) is 3.74. The molecule has 0 spiro atoms. The molecule has 4 heteroatoms. The number of hydrogen-bond donors (Lipinski definition) is 1. The standard InChI is InChI=1S/C18H21NO3/c1-3-12-9-13-15-8-11-4-5-16(20)18(21-2)14(11)10-19(15)7-6-17(13)22-12/h4-5,9,15,20H,3,6-8,10H2,1-2H3/t15-/m0/s1. The average Bonchev–Trinajstić information content (AvgIpc) is 2.97. The van der Waals surface area contributed by atoms with Gasteiger partial charge in [-0.3, -0.25) is 4.90 Å². The predicted octanol–water partition coefficient (Wildman–Crippen LogP) is 3.21. The van der Waals surface area contributed by atoms with Crippen molar-refractivity contribution in [2.45, 2.75) is 38.8 Å². The lowest BCUT2D eigenvalue weighted by Crippen LogP contribution is -2.39. The van der Waals surface area contributed by atoms with Crippen molar-refractivity contribution in [3.8, 4) is 11.5 Å². The second-order valence-electron chi connectivity index (χ2n) is 6.14. The molecule has 0 bridgehead atoms. The van der Waals surface area contributed by atoms with E-state index in [1.54, 1.807) is 13.2 Å². The maximum Gasteiger partial charge on any atom is 0.165 e. The fraction of sp³-hybridized carbons (Fsp3) is 0.444. The quantitative estimate of drug-likeness (QED) is 0.925. The molecule has 1 atom stereocenters. The van der Waals surface area contributed by atoms with Crippen molar-refractivity contribution in [3.05, 3.63) is 46.4 Å². The third-order valence-electron chi connectivity index (χ3n) is 4.98. The van der Waals surface area contributed by atoms with Gasteiger partial charge < -0.3 is 14.3 Å². The molecule has 3 heterocycles. The van der Waals surface area contributed by atoms with Crippen molar-refractivity contribution in [2.24, 2.45) is 0 Å². The van der Waals surface area contributed by atoms with Crippen LogP contribution in [0, 0.1) is 0 Å². The van der Waals surface area contributed by atoms with Gasteiger partial charge in [-0.05, 0) is 24.1 Å². The van der Waals surface area contributed by atoms with Gasteiger partial charge in [-0.25, -0.2) is 0 Å². The van der Waals surface area contributed by atoms with E-state index in [4.69, 9.17) is 9.15 Å². The SMILES string of the molecule is CCc1cc2c(o1)CCN1Cc3c(ccc(O)c3OC)C[C@@H]21. The molecule has 0 unspecified atom stereocenters. The molecule has 2 aliphatic rings. The number of furan rings is 1. The fourth-order valence-electron chi connectivity index (χ4n) is 3.84. The third-order valence-corrected chi connectivity index (χ3v) is 4.98. The van der Waals surface area contributed by atoms with Gasteiger partial charge in [0.2, 0.25) is 0 Å². The lowest BCUT2D eigenvalue weighted by molar-refractivity contribution is 0.150. The zero-order valence-electron chi connectivity index (χ0n) is 13.1. The van der Waals surface area contributed by atoms with Crippen molar-refractivity contribution < 1.29 is 14.3 Å². The van der Waals surface area contributed by atoms with Crippen LogP contribution in [0.15, 0.2) is 22.6 Å². The van der Waals surface area contributed by atoms with Crippen LogP contribution in [0.5, 0.6) is 11.5 Å². The van der Waals surface area contributed by atoms with Gasteiger partial charge in [0.15, 0.2) is 11.5 Å². The first-order valence-electron chi connectivity index (χ1n) is 7.94. The largest absolute Gasteiger partial charge is 0.504 e. The van der Waals surface area contributed by atoms with Crippen molar-refractivity contribution in [3.63, 3.8) is 0 Å². The second-order valence-corrected chi connectivity index (χ2v) is 6.14. The lowest BCUT2D eigenvalue weighted by atomic mass is 9.86. The lowest BCUT2D eigenvalue weighted by Gasteiger charge is -2.40. The van der Waals surface area contributed by atoms with Gasteiger partial charge in [0.05, 0.1) is 7.11 Å². The summed E-state index contributed by atoms with van der Waals surface area (Å²) >= 11 is 0. The molecule has 0 saturated heterocycles. The highest BCUT2D eigenvalue weighted by Crippen LogP contribution is 2.44. The minimum Gasteiger partial charge on any atom is -0.504 e.